The lowest BCUT2D eigenvalue weighted by molar-refractivity contribution is 0.176. The van der Waals surface area contributed by atoms with Crippen LogP contribution in [-0.2, 0) is 11.3 Å². The zero-order valence-corrected chi connectivity index (χ0v) is 9.04. The predicted octanol–water partition coefficient (Wildman–Crippen LogP) is 2.07. The third-order valence-corrected chi connectivity index (χ3v) is 1.64. The van der Waals surface area contributed by atoms with Gasteiger partial charge in [0, 0.05) is 13.2 Å². The van der Waals surface area contributed by atoms with Gasteiger partial charge >= 0.3 is 0 Å². The monoisotopic (exact) mass is 216 g/mol. The summed E-state index contributed by atoms with van der Waals surface area (Å²) in [5.74, 6) is 1.03. The Hall–Kier alpha value is -0.870. The molecule has 0 aliphatic rings. The molecule has 0 bridgehead atoms. The van der Waals surface area contributed by atoms with Crippen LogP contribution in [0.5, 0.6) is 5.88 Å². The fourth-order valence-corrected chi connectivity index (χ4v) is 1.11. The highest BCUT2D eigenvalue weighted by Crippen LogP contribution is 2.14. The summed E-state index contributed by atoms with van der Waals surface area (Å²) in [6, 6.07) is 1.59. The van der Waals surface area contributed by atoms with Crippen LogP contribution in [0.2, 0.25) is 5.15 Å². The maximum atomic E-state index is 5.78. The Morgan fingerprint density at radius 3 is 2.86 bits per heavy atom. The minimum atomic E-state index is 0.336. The molecule has 0 unspecified atom stereocenters. The molecule has 1 aromatic rings. The fourth-order valence-electron chi connectivity index (χ4n) is 0.916. The first-order chi connectivity index (χ1) is 6.76. The van der Waals surface area contributed by atoms with E-state index in [9.17, 15) is 0 Å². The van der Waals surface area contributed by atoms with Crippen molar-refractivity contribution >= 4 is 11.6 Å². The van der Waals surface area contributed by atoms with Crippen LogP contribution in [0.15, 0.2) is 6.07 Å². The molecule has 0 atom stereocenters. The first-order valence-corrected chi connectivity index (χ1v) is 4.79. The Labute approximate surface area is 88.2 Å². The minimum absolute atomic E-state index is 0.336. The summed E-state index contributed by atoms with van der Waals surface area (Å²) in [7, 11) is 1.58. The van der Waals surface area contributed by atoms with Crippen molar-refractivity contribution in [2.45, 2.75) is 20.0 Å². The molecule has 5 heteroatoms. The Kier molecular flexibility index (Phi) is 4.62. The van der Waals surface area contributed by atoms with E-state index in [0.717, 1.165) is 6.42 Å². The predicted molar refractivity (Wildman–Crippen MR) is 53.5 cm³/mol. The lowest BCUT2D eigenvalue weighted by atomic mass is 10.5. The molecule has 78 valence electrons. The van der Waals surface area contributed by atoms with Crippen LogP contribution in [0.4, 0.5) is 0 Å². The molecule has 0 spiro atoms. The summed E-state index contributed by atoms with van der Waals surface area (Å²) in [5.41, 5.74) is 0. The van der Waals surface area contributed by atoms with E-state index in [4.69, 9.17) is 21.1 Å². The molecule has 0 saturated heterocycles. The van der Waals surface area contributed by atoms with Gasteiger partial charge in [0.25, 0.3) is 0 Å². The van der Waals surface area contributed by atoms with Crippen molar-refractivity contribution in [2.24, 2.45) is 0 Å². The van der Waals surface area contributed by atoms with Crippen LogP contribution in [0.1, 0.15) is 19.2 Å². The Balaban J connectivity index is 2.73. The molecule has 0 aromatic carbocycles. The first-order valence-electron chi connectivity index (χ1n) is 4.41. The maximum absolute atomic E-state index is 5.78. The summed E-state index contributed by atoms with van der Waals surface area (Å²) in [4.78, 5) is 8.10. The van der Waals surface area contributed by atoms with Crippen LogP contribution in [0, 0.1) is 0 Å². The molecular formula is C9H13ClN2O2. The van der Waals surface area contributed by atoms with Crippen LogP contribution in [0.25, 0.3) is 0 Å². The zero-order chi connectivity index (χ0) is 10.4. The van der Waals surface area contributed by atoms with Crippen molar-refractivity contribution in [3.05, 3.63) is 17.0 Å². The third-order valence-electron chi connectivity index (χ3n) is 1.45. The summed E-state index contributed by atoms with van der Waals surface area (Å²) in [5, 5.41) is 0.373. The topological polar surface area (TPSA) is 44.2 Å². The standard InChI is InChI=1S/C9H13ClN2O2/c1-3-4-14-9-5-7(10)11-8(12-9)6-13-2/h5H,3-4,6H2,1-2H3. The SMILES string of the molecule is CCCOc1cc(Cl)nc(COC)n1. The molecule has 0 aliphatic heterocycles. The van der Waals surface area contributed by atoms with E-state index in [1.165, 1.54) is 0 Å². The average molecular weight is 217 g/mol. The number of halogens is 1. The van der Waals surface area contributed by atoms with Gasteiger partial charge in [-0.1, -0.05) is 18.5 Å². The van der Waals surface area contributed by atoms with E-state index in [2.05, 4.69) is 9.97 Å². The summed E-state index contributed by atoms with van der Waals surface area (Å²) < 4.78 is 10.2. The lowest BCUT2D eigenvalue weighted by Gasteiger charge is -2.05. The van der Waals surface area contributed by atoms with Gasteiger partial charge in [-0.25, -0.2) is 4.98 Å². The molecule has 4 nitrogen and oxygen atoms in total. The molecule has 0 N–H and O–H groups in total. The second kappa shape index (κ2) is 5.78. The summed E-state index contributed by atoms with van der Waals surface area (Å²) in [6.07, 6.45) is 0.932. The number of hydrogen-bond donors (Lipinski definition) is 0. The molecule has 0 radical (unpaired) electrons. The number of aromatic nitrogens is 2. The quantitative estimate of drug-likeness (QED) is 0.707. The highest BCUT2D eigenvalue weighted by Gasteiger charge is 2.03. The van der Waals surface area contributed by atoms with Gasteiger partial charge in [0.15, 0.2) is 5.82 Å². The highest BCUT2D eigenvalue weighted by atomic mass is 35.5. The molecule has 0 saturated carbocycles. The Morgan fingerprint density at radius 2 is 2.21 bits per heavy atom. The average Bonchev–Trinajstić information content (AvgIpc) is 2.14. The van der Waals surface area contributed by atoms with Gasteiger partial charge in [-0.3, -0.25) is 0 Å². The largest absolute Gasteiger partial charge is 0.478 e. The Morgan fingerprint density at radius 1 is 1.43 bits per heavy atom. The van der Waals surface area contributed by atoms with Crippen molar-refractivity contribution < 1.29 is 9.47 Å². The van der Waals surface area contributed by atoms with Crippen molar-refractivity contribution in [3.63, 3.8) is 0 Å². The second-order valence-corrected chi connectivity index (χ2v) is 3.11. The van der Waals surface area contributed by atoms with Gasteiger partial charge < -0.3 is 9.47 Å². The van der Waals surface area contributed by atoms with Crippen LogP contribution < -0.4 is 4.74 Å². The molecule has 1 rings (SSSR count). The lowest BCUT2D eigenvalue weighted by Crippen LogP contribution is -2.02. The molecule has 0 fully saturated rings. The molecule has 0 aliphatic carbocycles. The van der Waals surface area contributed by atoms with Gasteiger partial charge in [0.05, 0.1) is 6.61 Å². The van der Waals surface area contributed by atoms with Crippen LogP contribution in [0.3, 0.4) is 0 Å². The van der Waals surface area contributed by atoms with Crippen molar-refractivity contribution in [2.75, 3.05) is 13.7 Å². The van der Waals surface area contributed by atoms with Gasteiger partial charge in [-0.05, 0) is 6.42 Å². The first kappa shape index (κ1) is 11.2. The van der Waals surface area contributed by atoms with E-state index < -0.39 is 0 Å². The normalized spacial score (nSPS) is 10.2. The highest BCUT2D eigenvalue weighted by molar-refractivity contribution is 6.29. The van der Waals surface area contributed by atoms with Gasteiger partial charge in [0.1, 0.15) is 11.8 Å². The van der Waals surface area contributed by atoms with Crippen LogP contribution >= 0.6 is 11.6 Å². The number of hydrogen-bond acceptors (Lipinski definition) is 4. The Bertz CT molecular complexity index is 294. The van der Waals surface area contributed by atoms with E-state index in [0.29, 0.717) is 30.1 Å². The van der Waals surface area contributed by atoms with Crippen molar-refractivity contribution in [3.8, 4) is 5.88 Å². The fraction of sp³-hybridized carbons (Fsp3) is 0.556. The van der Waals surface area contributed by atoms with E-state index in [1.54, 1.807) is 13.2 Å². The summed E-state index contributed by atoms with van der Waals surface area (Å²) in [6.45, 7) is 2.99. The second-order valence-electron chi connectivity index (χ2n) is 2.73. The minimum Gasteiger partial charge on any atom is -0.478 e. The van der Waals surface area contributed by atoms with Crippen LogP contribution in [-0.4, -0.2) is 23.7 Å². The van der Waals surface area contributed by atoms with E-state index in [1.807, 2.05) is 6.92 Å². The molecule has 1 aromatic heterocycles. The van der Waals surface area contributed by atoms with Gasteiger partial charge in [-0.15, -0.1) is 0 Å². The maximum Gasteiger partial charge on any atom is 0.218 e. The summed E-state index contributed by atoms with van der Waals surface area (Å²) >= 11 is 5.78. The molecule has 0 amide bonds. The third kappa shape index (κ3) is 3.47. The van der Waals surface area contributed by atoms with Gasteiger partial charge in [0.2, 0.25) is 5.88 Å². The van der Waals surface area contributed by atoms with Crippen molar-refractivity contribution in [1.29, 1.82) is 0 Å². The number of nitrogens with zero attached hydrogens (tertiary/aromatic N) is 2. The van der Waals surface area contributed by atoms with Crippen molar-refractivity contribution in [1.82, 2.24) is 9.97 Å². The number of methoxy groups -OCH3 is 1. The molecular weight excluding hydrogens is 204 g/mol. The number of rotatable bonds is 5. The molecule has 1 heterocycles. The zero-order valence-electron chi connectivity index (χ0n) is 8.29. The van der Waals surface area contributed by atoms with E-state index in [-0.39, 0.29) is 0 Å². The smallest absolute Gasteiger partial charge is 0.218 e. The number of ether oxygens (including phenoxy) is 2. The van der Waals surface area contributed by atoms with E-state index >= 15 is 0 Å². The molecule has 14 heavy (non-hydrogen) atoms. The van der Waals surface area contributed by atoms with Gasteiger partial charge in [-0.2, -0.15) is 4.98 Å².